The van der Waals surface area contributed by atoms with E-state index in [9.17, 15) is 9.59 Å². The van der Waals surface area contributed by atoms with E-state index in [0.717, 1.165) is 18.6 Å². The van der Waals surface area contributed by atoms with Gasteiger partial charge in [-0.3, -0.25) is 4.79 Å². The standard InChI is InChI=1S/C21H25N3O3/c1-15-7-9-19(10-8-15)27-14-16-4-3-11-24(13-16)21(26)23-18-6-2-5-17(12-18)20(22)25/h2,5-10,12,16H,3-4,11,13-14H2,1H3,(H2,22,25)(H,23,26)/t16-/m0/s1. The summed E-state index contributed by atoms with van der Waals surface area (Å²) in [6, 6.07) is 14.5. The molecule has 1 saturated heterocycles. The average Bonchev–Trinajstić information content (AvgIpc) is 2.68. The lowest BCUT2D eigenvalue weighted by Crippen LogP contribution is -2.43. The van der Waals surface area contributed by atoms with Gasteiger partial charge in [0.15, 0.2) is 0 Å². The Bertz CT molecular complexity index is 805. The number of hydrogen-bond donors (Lipinski definition) is 2. The lowest BCUT2D eigenvalue weighted by molar-refractivity contribution is 0.1000. The molecule has 2 aromatic rings. The number of nitrogens with one attached hydrogen (secondary N) is 1. The van der Waals surface area contributed by atoms with Gasteiger partial charge in [0.2, 0.25) is 5.91 Å². The Balaban J connectivity index is 1.53. The van der Waals surface area contributed by atoms with Crippen LogP contribution in [0.25, 0.3) is 0 Å². The molecule has 2 aromatic carbocycles. The van der Waals surface area contributed by atoms with Crippen molar-refractivity contribution >= 4 is 17.6 Å². The molecule has 0 spiro atoms. The van der Waals surface area contributed by atoms with Crippen molar-refractivity contribution in [2.24, 2.45) is 11.7 Å². The van der Waals surface area contributed by atoms with Gasteiger partial charge < -0.3 is 20.7 Å². The van der Waals surface area contributed by atoms with Crippen LogP contribution in [0.5, 0.6) is 5.75 Å². The summed E-state index contributed by atoms with van der Waals surface area (Å²) in [7, 11) is 0. The second-order valence-corrected chi connectivity index (χ2v) is 6.95. The van der Waals surface area contributed by atoms with Crippen molar-refractivity contribution in [1.29, 1.82) is 0 Å². The van der Waals surface area contributed by atoms with Gasteiger partial charge in [-0.15, -0.1) is 0 Å². The Kier molecular flexibility index (Phi) is 5.96. The normalized spacial score (nSPS) is 16.6. The molecule has 1 fully saturated rings. The van der Waals surface area contributed by atoms with Crippen LogP contribution in [-0.2, 0) is 0 Å². The predicted molar refractivity (Wildman–Crippen MR) is 105 cm³/mol. The molecule has 0 saturated carbocycles. The summed E-state index contributed by atoms with van der Waals surface area (Å²) in [5, 5.41) is 2.85. The second-order valence-electron chi connectivity index (χ2n) is 6.95. The number of hydrogen-bond acceptors (Lipinski definition) is 3. The topological polar surface area (TPSA) is 84.7 Å². The molecule has 3 amide bonds. The molecule has 6 nitrogen and oxygen atoms in total. The lowest BCUT2D eigenvalue weighted by Gasteiger charge is -2.32. The van der Waals surface area contributed by atoms with Crippen LogP contribution in [0.1, 0.15) is 28.8 Å². The molecule has 1 heterocycles. The number of ether oxygens (including phenoxy) is 1. The highest BCUT2D eigenvalue weighted by molar-refractivity contribution is 5.95. The van der Waals surface area contributed by atoms with Crippen LogP contribution in [-0.4, -0.2) is 36.5 Å². The van der Waals surface area contributed by atoms with E-state index < -0.39 is 5.91 Å². The molecule has 1 atom stereocenters. The second kappa shape index (κ2) is 8.58. The van der Waals surface area contributed by atoms with E-state index in [0.29, 0.717) is 36.9 Å². The molecule has 0 aliphatic carbocycles. The van der Waals surface area contributed by atoms with Crippen molar-refractivity contribution in [2.45, 2.75) is 19.8 Å². The number of nitrogens with two attached hydrogens (primary N) is 1. The van der Waals surface area contributed by atoms with Crippen molar-refractivity contribution in [1.82, 2.24) is 4.90 Å². The number of piperidine rings is 1. The van der Waals surface area contributed by atoms with Crippen molar-refractivity contribution in [3.63, 3.8) is 0 Å². The Morgan fingerprint density at radius 2 is 2.00 bits per heavy atom. The quantitative estimate of drug-likeness (QED) is 0.849. The Hall–Kier alpha value is -3.02. The number of rotatable bonds is 5. The monoisotopic (exact) mass is 367 g/mol. The fourth-order valence-electron chi connectivity index (χ4n) is 3.19. The van der Waals surface area contributed by atoms with Crippen molar-refractivity contribution in [3.05, 3.63) is 59.7 Å². The van der Waals surface area contributed by atoms with Crippen LogP contribution in [0.3, 0.4) is 0 Å². The van der Waals surface area contributed by atoms with E-state index in [1.807, 2.05) is 31.2 Å². The fourth-order valence-corrected chi connectivity index (χ4v) is 3.19. The minimum Gasteiger partial charge on any atom is -0.493 e. The number of carbonyl (C=O) groups is 2. The smallest absolute Gasteiger partial charge is 0.321 e. The Morgan fingerprint density at radius 3 is 2.74 bits per heavy atom. The molecule has 0 unspecified atom stereocenters. The van der Waals surface area contributed by atoms with Crippen molar-refractivity contribution < 1.29 is 14.3 Å². The van der Waals surface area contributed by atoms with Gasteiger partial charge in [0.05, 0.1) is 6.61 Å². The van der Waals surface area contributed by atoms with Gasteiger partial charge in [-0.25, -0.2) is 4.79 Å². The number of amides is 3. The zero-order valence-corrected chi connectivity index (χ0v) is 15.5. The maximum absolute atomic E-state index is 12.6. The molecule has 27 heavy (non-hydrogen) atoms. The third-order valence-electron chi connectivity index (χ3n) is 4.71. The molecule has 1 aliphatic rings. The summed E-state index contributed by atoms with van der Waals surface area (Å²) >= 11 is 0. The first-order chi connectivity index (χ1) is 13.0. The van der Waals surface area contributed by atoms with Gasteiger partial charge in [0, 0.05) is 30.3 Å². The summed E-state index contributed by atoms with van der Waals surface area (Å²) in [5.41, 5.74) is 7.42. The summed E-state index contributed by atoms with van der Waals surface area (Å²) in [5.74, 6) is 0.630. The van der Waals surface area contributed by atoms with Gasteiger partial charge >= 0.3 is 6.03 Å². The first kappa shape index (κ1) is 18.8. The molecule has 6 heteroatoms. The maximum Gasteiger partial charge on any atom is 0.321 e. The minimum absolute atomic E-state index is 0.170. The van der Waals surface area contributed by atoms with Crippen LogP contribution in [0.2, 0.25) is 0 Å². The fraction of sp³-hybridized carbons (Fsp3) is 0.333. The van der Waals surface area contributed by atoms with Gasteiger partial charge in [-0.1, -0.05) is 23.8 Å². The third-order valence-corrected chi connectivity index (χ3v) is 4.71. The molecule has 0 aromatic heterocycles. The van der Waals surface area contributed by atoms with Crippen LogP contribution < -0.4 is 15.8 Å². The molecular weight excluding hydrogens is 342 g/mol. The largest absolute Gasteiger partial charge is 0.493 e. The first-order valence-electron chi connectivity index (χ1n) is 9.16. The number of primary amides is 1. The number of anilines is 1. The summed E-state index contributed by atoms with van der Waals surface area (Å²) < 4.78 is 5.88. The van der Waals surface area contributed by atoms with E-state index in [4.69, 9.17) is 10.5 Å². The lowest BCUT2D eigenvalue weighted by atomic mass is 9.99. The van der Waals surface area contributed by atoms with E-state index in [1.165, 1.54) is 5.56 Å². The summed E-state index contributed by atoms with van der Waals surface area (Å²) in [4.78, 5) is 25.6. The number of nitrogens with zero attached hydrogens (tertiary/aromatic N) is 1. The molecule has 142 valence electrons. The van der Waals surface area contributed by atoms with Gasteiger partial charge in [-0.05, 0) is 50.1 Å². The summed E-state index contributed by atoms with van der Waals surface area (Å²) in [6.45, 7) is 3.99. The molecule has 1 aliphatic heterocycles. The number of aryl methyl sites for hydroxylation is 1. The van der Waals surface area contributed by atoms with Gasteiger partial charge in [-0.2, -0.15) is 0 Å². The zero-order chi connectivity index (χ0) is 19.2. The highest BCUT2D eigenvalue weighted by atomic mass is 16.5. The van der Waals surface area contributed by atoms with Crippen LogP contribution in [0.4, 0.5) is 10.5 Å². The van der Waals surface area contributed by atoms with E-state index in [-0.39, 0.29) is 6.03 Å². The van der Waals surface area contributed by atoms with Crippen LogP contribution in [0, 0.1) is 12.8 Å². The molecule has 3 rings (SSSR count). The molecular formula is C21H25N3O3. The SMILES string of the molecule is Cc1ccc(OC[C@H]2CCCN(C(=O)Nc3cccc(C(N)=O)c3)C2)cc1. The van der Waals surface area contributed by atoms with E-state index in [1.54, 1.807) is 29.2 Å². The van der Waals surface area contributed by atoms with Gasteiger partial charge in [0.1, 0.15) is 5.75 Å². The first-order valence-corrected chi connectivity index (χ1v) is 9.16. The average molecular weight is 367 g/mol. The molecule has 3 N–H and O–H groups in total. The van der Waals surface area contributed by atoms with Crippen LogP contribution >= 0.6 is 0 Å². The number of likely N-dealkylation sites (tertiary alicyclic amines) is 1. The number of benzene rings is 2. The highest BCUT2D eigenvalue weighted by Gasteiger charge is 2.24. The van der Waals surface area contributed by atoms with E-state index in [2.05, 4.69) is 5.32 Å². The van der Waals surface area contributed by atoms with Crippen LogP contribution in [0.15, 0.2) is 48.5 Å². The Morgan fingerprint density at radius 1 is 1.22 bits per heavy atom. The third kappa shape index (κ3) is 5.23. The summed E-state index contributed by atoms with van der Waals surface area (Å²) in [6.07, 6.45) is 1.98. The molecule has 0 bridgehead atoms. The minimum atomic E-state index is -0.516. The Labute approximate surface area is 159 Å². The van der Waals surface area contributed by atoms with Crippen molar-refractivity contribution in [2.75, 3.05) is 25.0 Å². The maximum atomic E-state index is 12.6. The highest BCUT2D eigenvalue weighted by Crippen LogP contribution is 2.20. The van der Waals surface area contributed by atoms with Crippen molar-refractivity contribution in [3.8, 4) is 5.75 Å². The molecule has 0 radical (unpaired) electrons. The number of urea groups is 1. The predicted octanol–water partition coefficient (Wildman–Crippen LogP) is 3.42. The number of carbonyl (C=O) groups excluding carboxylic acids is 2. The zero-order valence-electron chi connectivity index (χ0n) is 15.5. The van der Waals surface area contributed by atoms with E-state index >= 15 is 0 Å². The van der Waals surface area contributed by atoms with Gasteiger partial charge in [0.25, 0.3) is 0 Å².